The van der Waals surface area contributed by atoms with Crippen LogP contribution >= 0.6 is 7.80 Å². The van der Waals surface area contributed by atoms with Crippen LogP contribution in [0.2, 0.25) is 0 Å². The highest BCUT2D eigenvalue weighted by Crippen LogP contribution is 2.29. The monoisotopic (exact) mass is 284 g/mol. The SMILES string of the molecule is CCOC(=O)C(C)C[PH](=O)c1ccccc1OCC. The minimum Gasteiger partial charge on any atom is -0.493 e. The van der Waals surface area contributed by atoms with Crippen molar-refractivity contribution in [1.82, 2.24) is 0 Å². The van der Waals surface area contributed by atoms with E-state index < -0.39 is 7.80 Å². The molecular weight excluding hydrogens is 263 g/mol. The summed E-state index contributed by atoms with van der Waals surface area (Å²) in [6, 6.07) is 7.27. The van der Waals surface area contributed by atoms with E-state index >= 15 is 0 Å². The van der Waals surface area contributed by atoms with Crippen LogP contribution in [0.5, 0.6) is 5.75 Å². The Kier molecular flexibility index (Phi) is 6.65. The Balaban J connectivity index is 2.75. The van der Waals surface area contributed by atoms with Gasteiger partial charge in [0.05, 0.1) is 24.4 Å². The maximum atomic E-state index is 12.4. The number of ether oxygens (including phenoxy) is 2. The molecule has 5 heteroatoms. The van der Waals surface area contributed by atoms with Crippen molar-refractivity contribution in [3.8, 4) is 5.75 Å². The Morgan fingerprint density at radius 3 is 2.58 bits per heavy atom. The number of hydrogen-bond acceptors (Lipinski definition) is 4. The zero-order chi connectivity index (χ0) is 14.3. The molecule has 0 aromatic heterocycles. The molecule has 0 aliphatic carbocycles. The average molecular weight is 284 g/mol. The summed E-state index contributed by atoms with van der Waals surface area (Å²) in [5.41, 5.74) is 0. The zero-order valence-electron chi connectivity index (χ0n) is 11.6. The quantitative estimate of drug-likeness (QED) is 0.570. The Bertz CT molecular complexity index is 445. The van der Waals surface area contributed by atoms with Gasteiger partial charge in [-0.1, -0.05) is 19.1 Å². The molecule has 0 fully saturated rings. The first-order chi connectivity index (χ1) is 9.10. The van der Waals surface area contributed by atoms with Crippen LogP contribution in [-0.4, -0.2) is 25.3 Å². The van der Waals surface area contributed by atoms with Crippen LogP contribution in [0.4, 0.5) is 0 Å². The molecule has 2 unspecified atom stereocenters. The number of rotatable bonds is 7. The fraction of sp³-hybridized carbons (Fsp3) is 0.500. The first-order valence-electron chi connectivity index (χ1n) is 6.51. The van der Waals surface area contributed by atoms with Gasteiger partial charge >= 0.3 is 5.97 Å². The summed E-state index contributed by atoms with van der Waals surface area (Å²) in [6.07, 6.45) is 0.313. The molecule has 1 aromatic rings. The van der Waals surface area contributed by atoms with Gasteiger partial charge in [0.1, 0.15) is 13.6 Å². The third-order valence-corrected chi connectivity index (χ3v) is 4.66. The highest BCUT2D eigenvalue weighted by Gasteiger charge is 2.19. The largest absolute Gasteiger partial charge is 0.493 e. The highest BCUT2D eigenvalue weighted by atomic mass is 31.1. The van der Waals surface area contributed by atoms with Crippen LogP contribution in [-0.2, 0) is 14.1 Å². The molecule has 0 aliphatic rings. The Labute approximate surface area is 114 Å². The minimum atomic E-state index is -2.06. The van der Waals surface area contributed by atoms with Crippen molar-refractivity contribution >= 4 is 19.1 Å². The number of esters is 1. The topological polar surface area (TPSA) is 52.6 Å². The van der Waals surface area contributed by atoms with E-state index in [1.54, 1.807) is 26.0 Å². The Hall–Kier alpha value is -1.28. The van der Waals surface area contributed by atoms with Crippen molar-refractivity contribution in [3.63, 3.8) is 0 Å². The first-order valence-corrected chi connectivity index (χ1v) is 8.13. The van der Waals surface area contributed by atoms with E-state index in [1.165, 1.54) is 0 Å². The molecule has 0 spiro atoms. The molecule has 19 heavy (non-hydrogen) atoms. The van der Waals surface area contributed by atoms with Crippen molar-refractivity contribution < 1.29 is 18.8 Å². The van der Waals surface area contributed by atoms with Crippen LogP contribution in [0, 0.1) is 5.92 Å². The van der Waals surface area contributed by atoms with E-state index in [0.717, 1.165) is 0 Å². The standard InChI is InChI=1S/C14H21O4P/c1-4-17-12-8-6-7-9-13(12)19(16)10-11(3)14(15)18-5-2/h6-9,11,19H,4-5,10H2,1-3H3. The summed E-state index contributed by atoms with van der Waals surface area (Å²) in [5, 5.41) is 0.700. The second kappa shape index (κ2) is 8.00. The van der Waals surface area contributed by atoms with Gasteiger partial charge < -0.3 is 14.0 Å². The van der Waals surface area contributed by atoms with E-state index in [4.69, 9.17) is 9.47 Å². The molecule has 0 aliphatic heterocycles. The Morgan fingerprint density at radius 1 is 1.26 bits per heavy atom. The van der Waals surface area contributed by atoms with E-state index in [9.17, 15) is 9.36 Å². The fourth-order valence-electron chi connectivity index (χ4n) is 1.73. The van der Waals surface area contributed by atoms with Crippen LogP contribution in [0.15, 0.2) is 24.3 Å². The first kappa shape index (κ1) is 15.8. The van der Waals surface area contributed by atoms with Gasteiger partial charge in [0.2, 0.25) is 0 Å². The van der Waals surface area contributed by atoms with Crippen LogP contribution in [0.3, 0.4) is 0 Å². The number of carbonyl (C=O) groups is 1. The van der Waals surface area contributed by atoms with Crippen molar-refractivity contribution in [2.75, 3.05) is 19.4 Å². The lowest BCUT2D eigenvalue weighted by Gasteiger charge is -2.13. The molecule has 2 atom stereocenters. The van der Waals surface area contributed by atoms with Gasteiger partial charge in [0, 0.05) is 6.16 Å². The third-order valence-electron chi connectivity index (χ3n) is 2.67. The van der Waals surface area contributed by atoms with Gasteiger partial charge in [0.15, 0.2) is 0 Å². The second-order valence-corrected chi connectivity index (χ2v) is 6.00. The maximum Gasteiger partial charge on any atom is 0.309 e. The molecule has 4 nitrogen and oxygen atoms in total. The van der Waals surface area contributed by atoms with E-state index in [0.29, 0.717) is 30.4 Å². The summed E-state index contributed by atoms with van der Waals surface area (Å²) in [5.74, 6) is -0.0132. The van der Waals surface area contributed by atoms with E-state index in [1.807, 2.05) is 19.1 Å². The van der Waals surface area contributed by atoms with Crippen molar-refractivity contribution in [3.05, 3.63) is 24.3 Å². The van der Waals surface area contributed by atoms with Crippen LogP contribution < -0.4 is 10.0 Å². The average Bonchev–Trinajstić information content (AvgIpc) is 2.39. The smallest absolute Gasteiger partial charge is 0.309 e. The third kappa shape index (κ3) is 4.71. The summed E-state index contributed by atoms with van der Waals surface area (Å²) >= 11 is 0. The van der Waals surface area contributed by atoms with Crippen LogP contribution in [0.1, 0.15) is 20.8 Å². The number of para-hydroxylation sites is 1. The predicted molar refractivity (Wildman–Crippen MR) is 76.9 cm³/mol. The van der Waals surface area contributed by atoms with E-state index in [-0.39, 0.29) is 11.9 Å². The maximum absolute atomic E-state index is 12.4. The van der Waals surface area contributed by atoms with Crippen LogP contribution in [0.25, 0.3) is 0 Å². The number of benzene rings is 1. The highest BCUT2D eigenvalue weighted by molar-refractivity contribution is 7.53. The summed E-state index contributed by atoms with van der Waals surface area (Å²) < 4.78 is 22.7. The predicted octanol–water partition coefficient (Wildman–Crippen LogP) is 2.47. The molecular formula is C14H21O4P. The lowest BCUT2D eigenvalue weighted by atomic mass is 10.2. The van der Waals surface area contributed by atoms with Gasteiger partial charge in [-0.25, -0.2) is 0 Å². The van der Waals surface area contributed by atoms with Gasteiger partial charge in [-0.3, -0.25) is 4.79 Å². The summed E-state index contributed by atoms with van der Waals surface area (Å²) in [4.78, 5) is 11.5. The second-order valence-electron chi connectivity index (χ2n) is 4.21. The summed E-state index contributed by atoms with van der Waals surface area (Å²) in [7, 11) is -2.06. The Morgan fingerprint density at radius 2 is 1.95 bits per heavy atom. The molecule has 0 N–H and O–H groups in total. The number of hydrogen-bond donors (Lipinski definition) is 0. The van der Waals surface area contributed by atoms with Gasteiger partial charge in [0.25, 0.3) is 0 Å². The number of carbonyl (C=O) groups excluding carboxylic acids is 1. The molecule has 1 aromatic carbocycles. The lowest BCUT2D eigenvalue weighted by molar-refractivity contribution is -0.146. The van der Waals surface area contributed by atoms with Crippen molar-refractivity contribution in [2.45, 2.75) is 20.8 Å². The van der Waals surface area contributed by atoms with Gasteiger partial charge in [-0.2, -0.15) is 0 Å². The van der Waals surface area contributed by atoms with E-state index in [2.05, 4.69) is 0 Å². The molecule has 0 radical (unpaired) electrons. The summed E-state index contributed by atoms with van der Waals surface area (Å²) in [6.45, 7) is 6.26. The van der Waals surface area contributed by atoms with Crippen molar-refractivity contribution in [2.24, 2.45) is 5.92 Å². The molecule has 1 rings (SSSR count). The molecule has 0 amide bonds. The minimum absolute atomic E-state index is 0.297. The molecule has 0 saturated carbocycles. The molecule has 0 saturated heterocycles. The van der Waals surface area contributed by atoms with Crippen molar-refractivity contribution in [1.29, 1.82) is 0 Å². The molecule has 0 bridgehead atoms. The normalized spacial score (nSPS) is 13.6. The molecule has 106 valence electrons. The lowest BCUT2D eigenvalue weighted by Crippen LogP contribution is -2.18. The fourth-order valence-corrected chi connectivity index (χ4v) is 3.39. The zero-order valence-corrected chi connectivity index (χ0v) is 12.6. The molecule has 0 heterocycles. The van der Waals surface area contributed by atoms with Gasteiger partial charge in [-0.05, 0) is 26.0 Å². The van der Waals surface area contributed by atoms with Gasteiger partial charge in [-0.15, -0.1) is 0 Å².